The number of hydrogen-bond donors (Lipinski definition) is 2. The van der Waals surface area contributed by atoms with Crippen molar-refractivity contribution < 1.29 is 4.74 Å². The fourth-order valence-electron chi connectivity index (χ4n) is 1.17. The van der Waals surface area contributed by atoms with Crippen LogP contribution in [0.3, 0.4) is 0 Å². The lowest BCUT2D eigenvalue weighted by Gasteiger charge is -2.15. The van der Waals surface area contributed by atoms with Crippen LogP contribution in [-0.4, -0.2) is 53.5 Å². The summed E-state index contributed by atoms with van der Waals surface area (Å²) < 4.78 is 6.88. The summed E-state index contributed by atoms with van der Waals surface area (Å²) in [6.45, 7) is 2.87. The number of nitrogens with zero attached hydrogens (tertiary/aromatic N) is 2. The second kappa shape index (κ2) is 5.84. The smallest absolute Gasteiger partial charge is 0.342 e. The van der Waals surface area contributed by atoms with E-state index in [2.05, 4.69) is 15.1 Å². The Balaban J connectivity index is 2.43. The van der Waals surface area contributed by atoms with E-state index in [1.807, 2.05) is 7.05 Å². The molecule has 0 spiro atoms. The van der Waals surface area contributed by atoms with Gasteiger partial charge in [0.05, 0.1) is 6.61 Å². The van der Waals surface area contributed by atoms with Crippen LogP contribution < -0.4 is 5.69 Å². The molecule has 0 amide bonds. The van der Waals surface area contributed by atoms with E-state index in [0.717, 1.165) is 13.1 Å². The standard InChI is InChI=1S/C8H16N4O2S/c1-11(5-6-14-2)3-4-12-7(13)9-10-8(12)15/h3-6H2,1-2H3,(H,9,13)(H,10,15). The van der Waals surface area contributed by atoms with Gasteiger partial charge in [0.1, 0.15) is 0 Å². The Morgan fingerprint density at radius 3 is 2.73 bits per heavy atom. The SMILES string of the molecule is COCCN(C)CCn1c(=O)[nH][nH]c1=S. The van der Waals surface area contributed by atoms with Gasteiger partial charge >= 0.3 is 5.69 Å². The Kier molecular flexibility index (Phi) is 4.73. The zero-order valence-electron chi connectivity index (χ0n) is 8.95. The molecule has 1 rings (SSSR count). The lowest BCUT2D eigenvalue weighted by atomic mass is 10.5. The zero-order chi connectivity index (χ0) is 11.3. The minimum absolute atomic E-state index is 0.194. The summed E-state index contributed by atoms with van der Waals surface area (Å²) in [7, 11) is 3.64. The second-order valence-corrected chi connectivity index (χ2v) is 3.69. The van der Waals surface area contributed by atoms with E-state index in [0.29, 0.717) is 17.9 Å². The number of methoxy groups -OCH3 is 1. The predicted octanol–water partition coefficient (Wildman–Crippen LogP) is -0.188. The van der Waals surface area contributed by atoms with Crippen molar-refractivity contribution in [1.29, 1.82) is 0 Å². The van der Waals surface area contributed by atoms with Crippen molar-refractivity contribution in [2.24, 2.45) is 0 Å². The van der Waals surface area contributed by atoms with Gasteiger partial charge in [0, 0.05) is 26.7 Å². The molecule has 0 saturated carbocycles. The normalized spacial score (nSPS) is 11.1. The number of aromatic nitrogens is 3. The number of ether oxygens (including phenoxy) is 1. The molecule has 0 aliphatic rings. The molecule has 15 heavy (non-hydrogen) atoms. The molecule has 1 heterocycles. The molecule has 1 aromatic rings. The fourth-order valence-corrected chi connectivity index (χ4v) is 1.39. The summed E-state index contributed by atoms with van der Waals surface area (Å²) in [5, 5.41) is 5.04. The van der Waals surface area contributed by atoms with Crippen LogP contribution in [0.4, 0.5) is 0 Å². The molecule has 0 bridgehead atoms. The maximum Gasteiger partial charge on any atom is 0.342 e. The quantitative estimate of drug-likeness (QED) is 0.667. The van der Waals surface area contributed by atoms with E-state index in [4.69, 9.17) is 17.0 Å². The van der Waals surface area contributed by atoms with E-state index in [9.17, 15) is 4.79 Å². The molecule has 6 nitrogen and oxygen atoms in total. The van der Waals surface area contributed by atoms with Crippen LogP contribution >= 0.6 is 12.2 Å². The van der Waals surface area contributed by atoms with Crippen LogP contribution in [0.5, 0.6) is 0 Å². The molecule has 0 saturated heterocycles. The largest absolute Gasteiger partial charge is 0.383 e. The first kappa shape index (κ1) is 12.2. The summed E-state index contributed by atoms with van der Waals surface area (Å²) in [5.41, 5.74) is -0.194. The molecule has 0 atom stereocenters. The number of aromatic amines is 2. The molecule has 0 unspecified atom stereocenters. The highest BCUT2D eigenvalue weighted by molar-refractivity contribution is 7.71. The zero-order valence-corrected chi connectivity index (χ0v) is 9.76. The number of rotatable bonds is 6. The Morgan fingerprint density at radius 1 is 1.47 bits per heavy atom. The topological polar surface area (TPSA) is 66.0 Å². The lowest BCUT2D eigenvalue weighted by Crippen LogP contribution is -2.29. The average molecular weight is 232 g/mol. The molecule has 0 aliphatic carbocycles. The van der Waals surface area contributed by atoms with E-state index < -0.39 is 0 Å². The van der Waals surface area contributed by atoms with Crippen molar-refractivity contribution in [2.45, 2.75) is 6.54 Å². The van der Waals surface area contributed by atoms with Crippen LogP contribution in [0.15, 0.2) is 4.79 Å². The third kappa shape index (κ3) is 3.61. The molecule has 1 aromatic heterocycles. The molecule has 0 aromatic carbocycles. The molecule has 0 fully saturated rings. The van der Waals surface area contributed by atoms with E-state index in [-0.39, 0.29) is 5.69 Å². The molecule has 0 aliphatic heterocycles. The first-order valence-electron chi connectivity index (χ1n) is 4.70. The van der Waals surface area contributed by atoms with Gasteiger partial charge in [-0.1, -0.05) is 0 Å². The van der Waals surface area contributed by atoms with Gasteiger partial charge in [-0.15, -0.1) is 0 Å². The van der Waals surface area contributed by atoms with Crippen LogP contribution in [0.2, 0.25) is 0 Å². The molecule has 2 N–H and O–H groups in total. The molecule has 0 radical (unpaired) electrons. The van der Waals surface area contributed by atoms with Gasteiger partial charge in [0.15, 0.2) is 4.77 Å². The maximum absolute atomic E-state index is 11.2. The second-order valence-electron chi connectivity index (χ2n) is 3.31. The highest BCUT2D eigenvalue weighted by Crippen LogP contribution is 1.87. The maximum atomic E-state index is 11.2. The third-order valence-electron chi connectivity index (χ3n) is 2.15. The highest BCUT2D eigenvalue weighted by atomic mass is 32.1. The highest BCUT2D eigenvalue weighted by Gasteiger charge is 2.02. The first-order valence-corrected chi connectivity index (χ1v) is 5.11. The van der Waals surface area contributed by atoms with Gasteiger partial charge in [0.2, 0.25) is 0 Å². The number of hydrogen-bond acceptors (Lipinski definition) is 4. The van der Waals surface area contributed by atoms with Crippen LogP contribution in [-0.2, 0) is 11.3 Å². The van der Waals surface area contributed by atoms with Gasteiger partial charge in [-0.25, -0.2) is 9.89 Å². The van der Waals surface area contributed by atoms with Crippen LogP contribution in [0.25, 0.3) is 0 Å². The molecule has 7 heteroatoms. The number of nitrogens with one attached hydrogen (secondary N) is 2. The predicted molar refractivity (Wildman–Crippen MR) is 59.6 cm³/mol. The Labute approximate surface area is 92.8 Å². The van der Waals surface area contributed by atoms with Crippen molar-refractivity contribution in [3.8, 4) is 0 Å². The monoisotopic (exact) mass is 232 g/mol. The van der Waals surface area contributed by atoms with Gasteiger partial charge in [-0.3, -0.25) is 9.67 Å². The van der Waals surface area contributed by atoms with Crippen molar-refractivity contribution in [1.82, 2.24) is 19.7 Å². The van der Waals surface area contributed by atoms with E-state index >= 15 is 0 Å². The van der Waals surface area contributed by atoms with Crippen LogP contribution in [0, 0.1) is 4.77 Å². The summed E-state index contributed by atoms with van der Waals surface area (Å²) in [6.07, 6.45) is 0. The minimum Gasteiger partial charge on any atom is -0.383 e. The lowest BCUT2D eigenvalue weighted by molar-refractivity contribution is 0.159. The van der Waals surface area contributed by atoms with Gasteiger partial charge < -0.3 is 9.64 Å². The average Bonchev–Trinajstić information content (AvgIpc) is 2.53. The van der Waals surface area contributed by atoms with Crippen molar-refractivity contribution >= 4 is 12.2 Å². The fraction of sp³-hybridized carbons (Fsp3) is 0.750. The van der Waals surface area contributed by atoms with Gasteiger partial charge in [-0.2, -0.15) is 0 Å². The summed E-state index contributed by atoms with van der Waals surface area (Å²) in [4.78, 5) is 13.3. The summed E-state index contributed by atoms with van der Waals surface area (Å²) >= 11 is 4.95. The molecule has 86 valence electrons. The summed E-state index contributed by atoms with van der Waals surface area (Å²) in [5.74, 6) is 0. The van der Waals surface area contributed by atoms with Crippen molar-refractivity contribution in [2.75, 3.05) is 33.9 Å². The van der Waals surface area contributed by atoms with Gasteiger partial charge in [-0.05, 0) is 19.3 Å². The van der Waals surface area contributed by atoms with Crippen molar-refractivity contribution in [3.05, 3.63) is 15.3 Å². The Bertz CT molecular complexity index is 366. The van der Waals surface area contributed by atoms with Crippen molar-refractivity contribution in [3.63, 3.8) is 0 Å². The Morgan fingerprint density at radius 2 is 2.20 bits per heavy atom. The Hall–Kier alpha value is -0.920. The van der Waals surface area contributed by atoms with E-state index in [1.165, 1.54) is 4.57 Å². The van der Waals surface area contributed by atoms with Gasteiger partial charge in [0.25, 0.3) is 0 Å². The number of H-pyrrole nitrogens is 2. The summed E-state index contributed by atoms with van der Waals surface area (Å²) in [6, 6.07) is 0. The minimum atomic E-state index is -0.194. The molecular weight excluding hydrogens is 216 g/mol. The third-order valence-corrected chi connectivity index (χ3v) is 2.47. The van der Waals surface area contributed by atoms with Crippen LogP contribution in [0.1, 0.15) is 0 Å². The first-order chi connectivity index (χ1) is 7.15. The van der Waals surface area contributed by atoms with E-state index in [1.54, 1.807) is 7.11 Å². The molecular formula is C8H16N4O2S. The number of likely N-dealkylation sites (N-methyl/N-ethyl adjacent to an activating group) is 1.